The minimum absolute atomic E-state index is 0.331. The third kappa shape index (κ3) is 3.33. The lowest BCUT2D eigenvalue weighted by Crippen LogP contribution is -2.42. The third-order valence-electron chi connectivity index (χ3n) is 3.65. The second-order valence-electron chi connectivity index (χ2n) is 5.48. The van der Waals surface area contributed by atoms with Crippen LogP contribution in [0.4, 0.5) is 16.2 Å². The second kappa shape index (κ2) is 6.17. The molecule has 0 bridgehead atoms. The van der Waals surface area contributed by atoms with E-state index in [1.165, 1.54) is 12.6 Å². The number of anilines is 2. The molecule has 0 spiro atoms. The van der Waals surface area contributed by atoms with Crippen molar-refractivity contribution < 1.29 is 4.39 Å². The Hall–Kier alpha value is -1.39. The van der Waals surface area contributed by atoms with Gasteiger partial charge in [0.15, 0.2) is 11.6 Å². The topological polar surface area (TPSA) is 41.1 Å². The number of hydrogen-bond donors (Lipinski definition) is 1. The normalized spacial score (nSPS) is 23.5. The molecule has 1 aliphatic heterocycles. The molecule has 0 saturated carbocycles. The van der Waals surface area contributed by atoms with Crippen LogP contribution < -0.4 is 10.2 Å². The SMILES string of the molecule is CCCNc1ncc(F)c(N2CC(C)CCC2C)n1. The van der Waals surface area contributed by atoms with E-state index in [1.807, 2.05) is 0 Å². The fourth-order valence-corrected chi connectivity index (χ4v) is 2.47. The van der Waals surface area contributed by atoms with Gasteiger partial charge in [-0.2, -0.15) is 4.98 Å². The summed E-state index contributed by atoms with van der Waals surface area (Å²) in [7, 11) is 0. The highest BCUT2D eigenvalue weighted by Crippen LogP contribution is 2.28. The Labute approximate surface area is 114 Å². The van der Waals surface area contributed by atoms with Crippen molar-refractivity contribution in [2.75, 3.05) is 23.3 Å². The van der Waals surface area contributed by atoms with Gasteiger partial charge in [-0.15, -0.1) is 0 Å². The van der Waals surface area contributed by atoms with Crippen LogP contribution in [0, 0.1) is 11.7 Å². The molecule has 1 saturated heterocycles. The highest BCUT2D eigenvalue weighted by Gasteiger charge is 2.26. The molecule has 1 fully saturated rings. The van der Waals surface area contributed by atoms with E-state index < -0.39 is 0 Å². The van der Waals surface area contributed by atoms with Crippen molar-refractivity contribution >= 4 is 11.8 Å². The summed E-state index contributed by atoms with van der Waals surface area (Å²) >= 11 is 0. The van der Waals surface area contributed by atoms with Gasteiger partial charge in [0.05, 0.1) is 6.20 Å². The van der Waals surface area contributed by atoms with Crippen LogP contribution in [0.25, 0.3) is 0 Å². The molecule has 5 heteroatoms. The molecule has 2 unspecified atom stereocenters. The highest BCUT2D eigenvalue weighted by molar-refractivity contribution is 5.45. The quantitative estimate of drug-likeness (QED) is 0.909. The fraction of sp³-hybridized carbons (Fsp3) is 0.714. The predicted octanol–water partition coefficient (Wildman–Crippen LogP) is 3.06. The van der Waals surface area contributed by atoms with Crippen LogP contribution in [0.1, 0.15) is 40.0 Å². The maximum Gasteiger partial charge on any atom is 0.224 e. The largest absolute Gasteiger partial charge is 0.354 e. The Morgan fingerprint density at radius 1 is 1.42 bits per heavy atom. The highest BCUT2D eigenvalue weighted by atomic mass is 19.1. The van der Waals surface area contributed by atoms with Crippen LogP contribution in [-0.2, 0) is 0 Å². The Bertz CT molecular complexity index is 424. The number of piperidine rings is 1. The predicted molar refractivity (Wildman–Crippen MR) is 76.0 cm³/mol. The lowest BCUT2D eigenvalue weighted by Gasteiger charge is -2.37. The average molecular weight is 266 g/mol. The molecular weight excluding hydrogens is 243 g/mol. The van der Waals surface area contributed by atoms with Crippen LogP contribution in [0.2, 0.25) is 0 Å². The van der Waals surface area contributed by atoms with Gasteiger partial charge in [0.1, 0.15) is 0 Å². The van der Waals surface area contributed by atoms with E-state index in [9.17, 15) is 4.39 Å². The van der Waals surface area contributed by atoms with E-state index in [-0.39, 0.29) is 5.82 Å². The van der Waals surface area contributed by atoms with E-state index in [4.69, 9.17) is 0 Å². The Kier molecular flexibility index (Phi) is 4.56. The van der Waals surface area contributed by atoms with E-state index in [2.05, 4.69) is 41.0 Å². The fourth-order valence-electron chi connectivity index (χ4n) is 2.47. The minimum Gasteiger partial charge on any atom is -0.354 e. The molecule has 2 rings (SSSR count). The molecule has 2 heterocycles. The first kappa shape index (κ1) is 14.0. The number of hydrogen-bond acceptors (Lipinski definition) is 4. The second-order valence-corrected chi connectivity index (χ2v) is 5.48. The summed E-state index contributed by atoms with van der Waals surface area (Å²) in [6.07, 6.45) is 4.55. The van der Waals surface area contributed by atoms with Crippen molar-refractivity contribution in [1.29, 1.82) is 0 Å². The molecule has 0 aliphatic carbocycles. The average Bonchev–Trinajstić information content (AvgIpc) is 2.41. The van der Waals surface area contributed by atoms with Gasteiger partial charge in [-0.3, -0.25) is 0 Å². The summed E-state index contributed by atoms with van der Waals surface area (Å²) in [6.45, 7) is 8.08. The Morgan fingerprint density at radius 3 is 2.95 bits per heavy atom. The first-order valence-electron chi connectivity index (χ1n) is 7.14. The van der Waals surface area contributed by atoms with Gasteiger partial charge < -0.3 is 10.2 Å². The lowest BCUT2D eigenvalue weighted by molar-refractivity contribution is 0.383. The number of aromatic nitrogens is 2. The van der Waals surface area contributed by atoms with Gasteiger partial charge in [0.2, 0.25) is 5.95 Å². The number of halogens is 1. The Morgan fingerprint density at radius 2 is 2.21 bits per heavy atom. The molecule has 106 valence electrons. The molecule has 0 radical (unpaired) electrons. The number of nitrogens with one attached hydrogen (secondary N) is 1. The zero-order valence-corrected chi connectivity index (χ0v) is 12.0. The molecule has 1 N–H and O–H groups in total. The summed E-state index contributed by atoms with van der Waals surface area (Å²) in [5, 5.41) is 3.11. The van der Waals surface area contributed by atoms with Gasteiger partial charge in [-0.05, 0) is 32.1 Å². The molecule has 4 nitrogen and oxygen atoms in total. The van der Waals surface area contributed by atoms with E-state index in [0.717, 1.165) is 25.9 Å². The van der Waals surface area contributed by atoms with Gasteiger partial charge in [-0.25, -0.2) is 9.37 Å². The molecule has 1 aromatic rings. The summed E-state index contributed by atoms with van der Waals surface area (Å²) in [5.41, 5.74) is 0. The first-order chi connectivity index (χ1) is 9.11. The zero-order chi connectivity index (χ0) is 13.8. The maximum atomic E-state index is 14.0. The minimum atomic E-state index is -0.331. The van der Waals surface area contributed by atoms with Crippen molar-refractivity contribution in [1.82, 2.24) is 9.97 Å². The van der Waals surface area contributed by atoms with Gasteiger partial charge in [0, 0.05) is 19.1 Å². The molecule has 0 amide bonds. The van der Waals surface area contributed by atoms with Crippen molar-refractivity contribution in [2.45, 2.75) is 46.1 Å². The third-order valence-corrected chi connectivity index (χ3v) is 3.65. The van der Waals surface area contributed by atoms with Crippen LogP contribution >= 0.6 is 0 Å². The molecule has 1 aliphatic rings. The molecule has 1 aromatic heterocycles. The summed E-state index contributed by atoms with van der Waals surface area (Å²) in [4.78, 5) is 10.4. The van der Waals surface area contributed by atoms with Crippen molar-refractivity contribution in [3.8, 4) is 0 Å². The summed E-state index contributed by atoms with van der Waals surface area (Å²) in [6, 6.07) is 0.333. The van der Waals surface area contributed by atoms with Crippen LogP contribution in [0.3, 0.4) is 0 Å². The summed E-state index contributed by atoms with van der Waals surface area (Å²) < 4.78 is 14.0. The number of rotatable bonds is 4. The smallest absolute Gasteiger partial charge is 0.224 e. The summed E-state index contributed by atoms with van der Waals surface area (Å²) in [5.74, 6) is 1.21. The number of nitrogens with zero attached hydrogens (tertiary/aromatic N) is 3. The molecule has 2 atom stereocenters. The van der Waals surface area contributed by atoms with Gasteiger partial charge in [0.25, 0.3) is 0 Å². The first-order valence-corrected chi connectivity index (χ1v) is 7.14. The molecule has 0 aromatic carbocycles. The lowest BCUT2D eigenvalue weighted by atomic mass is 9.95. The van der Waals surface area contributed by atoms with E-state index >= 15 is 0 Å². The van der Waals surface area contributed by atoms with Crippen molar-refractivity contribution in [3.05, 3.63) is 12.0 Å². The van der Waals surface area contributed by atoms with Crippen molar-refractivity contribution in [3.63, 3.8) is 0 Å². The molecule has 19 heavy (non-hydrogen) atoms. The van der Waals surface area contributed by atoms with E-state index in [1.54, 1.807) is 0 Å². The monoisotopic (exact) mass is 266 g/mol. The van der Waals surface area contributed by atoms with Gasteiger partial charge in [-0.1, -0.05) is 13.8 Å². The zero-order valence-electron chi connectivity index (χ0n) is 12.0. The Balaban J connectivity index is 2.21. The van der Waals surface area contributed by atoms with Crippen molar-refractivity contribution in [2.24, 2.45) is 5.92 Å². The van der Waals surface area contributed by atoms with Crippen LogP contribution in [0.5, 0.6) is 0 Å². The standard InChI is InChI=1S/C14H23FN4/c1-4-7-16-14-17-8-12(15)13(18-14)19-9-10(2)5-6-11(19)3/h8,10-11H,4-7,9H2,1-3H3,(H,16,17,18). The van der Waals surface area contributed by atoms with Crippen LogP contribution in [0.15, 0.2) is 6.20 Å². The van der Waals surface area contributed by atoms with Crippen LogP contribution in [-0.4, -0.2) is 29.1 Å². The van der Waals surface area contributed by atoms with Gasteiger partial charge >= 0.3 is 0 Å². The molecular formula is C14H23FN4. The van der Waals surface area contributed by atoms with E-state index in [0.29, 0.717) is 23.7 Å². The maximum absolute atomic E-state index is 14.0.